The first-order chi connectivity index (χ1) is 4.36. The highest BCUT2D eigenvalue weighted by Gasteiger charge is 2.21. The quantitative estimate of drug-likeness (QED) is 0.461. The minimum atomic E-state index is 0.922. The van der Waals surface area contributed by atoms with Gasteiger partial charge in [0.05, 0.1) is 0 Å². The second-order valence-corrected chi connectivity index (χ2v) is 3.13. The van der Waals surface area contributed by atoms with Crippen LogP contribution >= 0.6 is 0 Å². The van der Waals surface area contributed by atoms with Crippen molar-refractivity contribution in [1.29, 1.82) is 0 Å². The second kappa shape index (κ2) is 1.73. The maximum atomic E-state index is 4.02. The third-order valence-electron chi connectivity index (χ3n) is 2.49. The predicted octanol–water partition coefficient (Wildman–Crippen LogP) is 2.67. The molecule has 0 heterocycles. The van der Waals surface area contributed by atoms with Gasteiger partial charge < -0.3 is 0 Å². The zero-order valence-electron chi connectivity index (χ0n) is 5.69. The fourth-order valence-electron chi connectivity index (χ4n) is 1.83. The lowest BCUT2D eigenvalue weighted by Gasteiger charge is -2.11. The Morgan fingerprint density at radius 3 is 2.89 bits per heavy atom. The maximum Gasteiger partial charge on any atom is -0.0221 e. The van der Waals surface area contributed by atoms with Crippen LogP contribution in [0.15, 0.2) is 23.8 Å². The summed E-state index contributed by atoms with van der Waals surface area (Å²) < 4.78 is 0. The number of allylic oxidation sites excluding steroid dienone is 3. The highest BCUT2D eigenvalue weighted by atomic mass is 14.3. The van der Waals surface area contributed by atoms with Crippen LogP contribution < -0.4 is 0 Å². The molecule has 0 aliphatic heterocycles. The summed E-state index contributed by atoms with van der Waals surface area (Å²) in [5.41, 5.74) is 2.97. The van der Waals surface area contributed by atoms with E-state index in [1.165, 1.54) is 31.3 Å². The van der Waals surface area contributed by atoms with Crippen molar-refractivity contribution in [3.05, 3.63) is 23.8 Å². The first-order valence-corrected chi connectivity index (χ1v) is 3.75. The SMILES string of the molecule is C=C1CCC2C=C1CC2. The van der Waals surface area contributed by atoms with Crippen molar-refractivity contribution < 1.29 is 0 Å². The Bertz CT molecular complexity index is 174. The average molecular weight is 120 g/mol. The Balaban J connectivity index is 2.31. The zero-order valence-corrected chi connectivity index (χ0v) is 5.69. The number of rotatable bonds is 0. The molecule has 2 bridgehead atoms. The van der Waals surface area contributed by atoms with E-state index >= 15 is 0 Å². The van der Waals surface area contributed by atoms with Crippen molar-refractivity contribution in [3.8, 4) is 0 Å². The van der Waals surface area contributed by atoms with Crippen LogP contribution in [-0.2, 0) is 0 Å². The highest BCUT2D eigenvalue weighted by molar-refractivity contribution is 5.34. The summed E-state index contributed by atoms with van der Waals surface area (Å²) in [6.45, 7) is 4.02. The summed E-state index contributed by atoms with van der Waals surface area (Å²) in [5, 5.41) is 0. The molecule has 0 fully saturated rings. The molecule has 0 aromatic rings. The van der Waals surface area contributed by atoms with Gasteiger partial charge in [0.1, 0.15) is 0 Å². The van der Waals surface area contributed by atoms with Crippen LogP contribution in [0.4, 0.5) is 0 Å². The summed E-state index contributed by atoms with van der Waals surface area (Å²) in [7, 11) is 0. The highest BCUT2D eigenvalue weighted by Crippen LogP contribution is 2.38. The van der Waals surface area contributed by atoms with Crippen LogP contribution in [0.3, 0.4) is 0 Å². The van der Waals surface area contributed by atoms with Gasteiger partial charge in [-0.2, -0.15) is 0 Å². The summed E-state index contributed by atoms with van der Waals surface area (Å²) in [6, 6.07) is 0. The second-order valence-electron chi connectivity index (χ2n) is 3.13. The molecule has 0 aromatic heterocycles. The van der Waals surface area contributed by atoms with Gasteiger partial charge >= 0.3 is 0 Å². The van der Waals surface area contributed by atoms with Gasteiger partial charge in [0, 0.05) is 0 Å². The standard InChI is InChI=1S/C9H12/c1-7-2-3-8-4-5-9(7)6-8/h6,8H,1-5H2. The third-order valence-corrected chi connectivity index (χ3v) is 2.49. The van der Waals surface area contributed by atoms with E-state index in [9.17, 15) is 0 Å². The summed E-state index contributed by atoms with van der Waals surface area (Å²) in [4.78, 5) is 0. The molecular formula is C9H12. The lowest BCUT2D eigenvalue weighted by molar-refractivity contribution is 0.588. The Kier molecular flexibility index (Phi) is 1.01. The van der Waals surface area contributed by atoms with Crippen LogP contribution in [0.1, 0.15) is 25.7 Å². The van der Waals surface area contributed by atoms with E-state index in [1.54, 1.807) is 5.57 Å². The van der Waals surface area contributed by atoms with E-state index in [0.29, 0.717) is 0 Å². The summed E-state index contributed by atoms with van der Waals surface area (Å²) in [5.74, 6) is 0.922. The van der Waals surface area contributed by atoms with Gasteiger partial charge in [0.2, 0.25) is 0 Å². The van der Waals surface area contributed by atoms with Crippen LogP contribution in [0.5, 0.6) is 0 Å². The topological polar surface area (TPSA) is 0 Å². The maximum absolute atomic E-state index is 4.02. The molecule has 0 N–H and O–H groups in total. The average Bonchev–Trinajstić information content (AvgIpc) is 2.25. The largest absolute Gasteiger partial charge is 0.0956 e. The molecule has 48 valence electrons. The first kappa shape index (κ1) is 5.28. The molecule has 2 aliphatic rings. The zero-order chi connectivity index (χ0) is 6.27. The van der Waals surface area contributed by atoms with Gasteiger partial charge in [-0.3, -0.25) is 0 Å². The molecule has 2 rings (SSSR count). The normalized spacial score (nSPS) is 32.7. The molecule has 2 aliphatic carbocycles. The van der Waals surface area contributed by atoms with Crippen molar-refractivity contribution in [2.45, 2.75) is 25.7 Å². The first-order valence-electron chi connectivity index (χ1n) is 3.75. The summed E-state index contributed by atoms with van der Waals surface area (Å²) >= 11 is 0. The van der Waals surface area contributed by atoms with Gasteiger partial charge in [-0.15, -0.1) is 0 Å². The third kappa shape index (κ3) is 0.735. The molecule has 9 heavy (non-hydrogen) atoms. The van der Waals surface area contributed by atoms with Crippen molar-refractivity contribution in [1.82, 2.24) is 0 Å². The van der Waals surface area contributed by atoms with Gasteiger partial charge in [-0.1, -0.05) is 18.2 Å². The molecule has 0 spiro atoms. The Labute approximate surface area is 56.3 Å². The fourth-order valence-corrected chi connectivity index (χ4v) is 1.83. The predicted molar refractivity (Wildman–Crippen MR) is 39.2 cm³/mol. The smallest absolute Gasteiger partial charge is 0.0221 e. The molecule has 0 radical (unpaired) electrons. The van der Waals surface area contributed by atoms with E-state index in [4.69, 9.17) is 0 Å². The minimum Gasteiger partial charge on any atom is -0.0956 e. The fraction of sp³-hybridized carbons (Fsp3) is 0.556. The van der Waals surface area contributed by atoms with Crippen molar-refractivity contribution in [2.24, 2.45) is 5.92 Å². The number of fused-ring (bicyclic) bond motifs is 1. The minimum absolute atomic E-state index is 0.922. The Morgan fingerprint density at radius 2 is 2.11 bits per heavy atom. The molecule has 0 saturated carbocycles. The molecular weight excluding hydrogens is 108 g/mol. The van der Waals surface area contributed by atoms with Crippen molar-refractivity contribution in [3.63, 3.8) is 0 Å². The van der Waals surface area contributed by atoms with Crippen molar-refractivity contribution >= 4 is 0 Å². The summed E-state index contributed by atoms with van der Waals surface area (Å²) in [6.07, 6.45) is 7.75. The lowest BCUT2D eigenvalue weighted by atomic mass is 9.95. The molecule has 0 nitrogen and oxygen atoms in total. The molecule has 0 saturated heterocycles. The van der Waals surface area contributed by atoms with E-state index in [1.807, 2.05) is 0 Å². The monoisotopic (exact) mass is 120 g/mol. The van der Waals surface area contributed by atoms with E-state index in [2.05, 4.69) is 12.7 Å². The molecule has 0 aromatic carbocycles. The molecule has 0 heteroatoms. The Morgan fingerprint density at radius 1 is 1.33 bits per heavy atom. The van der Waals surface area contributed by atoms with Crippen molar-refractivity contribution in [2.75, 3.05) is 0 Å². The number of hydrogen-bond donors (Lipinski definition) is 0. The lowest BCUT2D eigenvalue weighted by Crippen LogP contribution is -1.95. The van der Waals surface area contributed by atoms with Gasteiger partial charge in [0.25, 0.3) is 0 Å². The van der Waals surface area contributed by atoms with E-state index in [0.717, 1.165) is 5.92 Å². The Hall–Kier alpha value is -0.520. The van der Waals surface area contributed by atoms with Gasteiger partial charge in [-0.05, 0) is 37.2 Å². The van der Waals surface area contributed by atoms with Crippen LogP contribution in [0.2, 0.25) is 0 Å². The van der Waals surface area contributed by atoms with E-state index in [-0.39, 0.29) is 0 Å². The molecule has 1 atom stereocenters. The molecule has 1 unspecified atom stereocenters. The van der Waals surface area contributed by atoms with Crippen LogP contribution in [-0.4, -0.2) is 0 Å². The van der Waals surface area contributed by atoms with Crippen LogP contribution in [0.25, 0.3) is 0 Å². The van der Waals surface area contributed by atoms with E-state index < -0.39 is 0 Å². The van der Waals surface area contributed by atoms with Crippen LogP contribution in [0, 0.1) is 5.92 Å². The van der Waals surface area contributed by atoms with Gasteiger partial charge in [-0.25, -0.2) is 0 Å². The van der Waals surface area contributed by atoms with Gasteiger partial charge in [0.15, 0.2) is 0 Å². The number of hydrogen-bond acceptors (Lipinski definition) is 0. The molecule has 0 amide bonds.